The van der Waals surface area contributed by atoms with E-state index in [1.807, 2.05) is 20.8 Å². The highest BCUT2D eigenvalue weighted by Gasteiger charge is 2.52. The topological polar surface area (TPSA) is 68.2 Å². The molecule has 0 aliphatic carbocycles. The first-order valence-corrected chi connectivity index (χ1v) is 4.96. The zero-order chi connectivity index (χ0) is 11.9. The van der Waals surface area contributed by atoms with Gasteiger partial charge in [-0.05, 0) is 34.6 Å². The normalized spacial score (nSPS) is 35.8. The van der Waals surface area contributed by atoms with Crippen molar-refractivity contribution in [3.63, 3.8) is 0 Å². The standard InChI is InChI=1S/C10H20O5/c1-8(2,3)13-6-10(12)7(11)14-9(4,5)15-10/h7,11-12H,6H2,1-5H3. The lowest BCUT2D eigenvalue weighted by atomic mass is 10.2. The van der Waals surface area contributed by atoms with E-state index >= 15 is 0 Å². The predicted octanol–water partition coefficient (Wildman–Crippen LogP) is 0.591. The predicted molar refractivity (Wildman–Crippen MR) is 52.9 cm³/mol. The average molecular weight is 220 g/mol. The summed E-state index contributed by atoms with van der Waals surface area (Å²) in [6.45, 7) is 8.65. The van der Waals surface area contributed by atoms with Gasteiger partial charge in [0.25, 0.3) is 0 Å². The highest BCUT2D eigenvalue weighted by molar-refractivity contribution is 4.82. The van der Waals surface area contributed by atoms with Crippen molar-refractivity contribution < 1.29 is 24.4 Å². The molecule has 1 fully saturated rings. The molecular formula is C10H20O5. The molecule has 0 radical (unpaired) electrons. The highest BCUT2D eigenvalue weighted by Crippen LogP contribution is 2.34. The third-order valence-electron chi connectivity index (χ3n) is 1.92. The lowest BCUT2D eigenvalue weighted by Gasteiger charge is -2.29. The highest BCUT2D eigenvalue weighted by atomic mass is 16.9. The monoisotopic (exact) mass is 220 g/mol. The van der Waals surface area contributed by atoms with Crippen LogP contribution >= 0.6 is 0 Å². The van der Waals surface area contributed by atoms with E-state index in [0.29, 0.717) is 0 Å². The van der Waals surface area contributed by atoms with Crippen LogP contribution in [0.15, 0.2) is 0 Å². The summed E-state index contributed by atoms with van der Waals surface area (Å²) < 4.78 is 15.6. The van der Waals surface area contributed by atoms with Gasteiger partial charge in [0, 0.05) is 0 Å². The lowest BCUT2D eigenvalue weighted by molar-refractivity contribution is -0.276. The van der Waals surface area contributed by atoms with Crippen molar-refractivity contribution in [1.82, 2.24) is 0 Å². The Hall–Kier alpha value is -0.200. The van der Waals surface area contributed by atoms with Gasteiger partial charge in [-0.2, -0.15) is 0 Å². The summed E-state index contributed by atoms with van der Waals surface area (Å²) in [6, 6.07) is 0. The number of rotatable bonds is 2. The zero-order valence-corrected chi connectivity index (χ0v) is 9.90. The van der Waals surface area contributed by atoms with Gasteiger partial charge in [-0.3, -0.25) is 0 Å². The van der Waals surface area contributed by atoms with E-state index in [-0.39, 0.29) is 6.61 Å². The summed E-state index contributed by atoms with van der Waals surface area (Å²) in [5.74, 6) is -2.80. The van der Waals surface area contributed by atoms with Crippen LogP contribution in [0.1, 0.15) is 34.6 Å². The number of hydrogen-bond acceptors (Lipinski definition) is 5. The van der Waals surface area contributed by atoms with E-state index in [1.165, 1.54) is 0 Å². The van der Waals surface area contributed by atoms with E-state index in [9.17, 15) is 10.2 Å². The van der Waals surface area contributed by atoms with Crippen molar-refractivity contribution in [2.75, 3.05) is 6.61 Å². The van der Waals surface area contributed by atoms with Gasteiger partial charge in [-0.25, -0.2) is 0 Å². The second kappa shape index (κ2) is 3.68. The molecular weight excluding hydrogens is 200 g/mol. The zero-order valence-electron chi connectivity index (χ0n) is 9.90. The maximum atomic E-state index is 9.94. The summed E-state index contributed by atoms with van der Waals surface area (Å²) in [5.41, 5.74) is -0.411. The van der Waals surface area contributed by atoms with Crippen molar-refractivity contribution in [1.29, 1.82) is 0 Å². The maximum Gasteiger partial charge on any atom is 0.244 e. The number of ether oxygens (including phenoxy) is 3. The van der Waals surface area contributed by atoms with Crippen molar-refractivity contribution in [3.8, 4) is 0 Å². The summed E-state index contributed by atoms with van der Waals surface area (Å²) in [7, 11) is 0. The van der Waals surface area contributed by atoms with Crippen molar-refractivity contribution in [2.45, 2.75) is 58.1 Å². The van der Waals surface area contributed by atoms with Crippen molar-refractivity contribution in [2.24, 2.45) is 0 Å². The fraction of sp³-hybridized carbons (Fsp3) is 1.00. The summed E-state index contributed by atoms with van der Waals surface area (Å²) in [5, 5.41) is 19.4. The van der Waals surface area contributed by atoms with Crippen LogP contribution in [0.5, 0.6) is 0 Å². The molecule has 90 valence electrons. The van der Waals surface area contributed by atoms with Crippen LogP contribution in [-0.2, 0) is 14.2 Å². The molecule has 0 saturated carbocycles. The third-order valence-corrected chi connectivity index (χ3v) is 1.92. The van der Waals surface area contributed by atoms with Crippen LogP contribution in [0.2, 0.25) is 0 Å². The minimum absolute atomic E-state index is 0.138. The first-order valence-electron chi connectivity index (χ1n) is 4.96. The van der Waals surface area contributed by atoms with E-state index < -0.39 is 23.5 Å². The lowest BCUT2D eigenvalue weighted by Crippen LogP contribution is -2.46. The second-order valence-electron chi connectivity index (χ2n) is 5.22. The molecule has 1 rings (SSSR count). The summed E-state index contributed by atoms with van der Waals surface area (Å²) in [4.78, 5) is 0. The van der Waals surface area contributed by atoms with Crippen LogP contribution in [0, 0.1) is 0 Å². The Morgan fingerprint density at radius 3 is 2.20 bits per heavy atom. The fourth-order valence-electron chi connectivity index (χ4n) is 1.28. The molecule has 5 nitrogen and oxygen atoms in total. The van der Waals surface area contributed by atoms with Gasteiger partial charge in [-0.1, -0.05) is 0 Å². The molecule has 0 aromatic rings. The SMILES string of the molecule is CC(C)(C)OCC1(O)OC(C)(C)OC1O. The van der Waals surface area contributed by atoms with E-state index in [1.54, 1.807) is 13.8 Å². The molecule has 0 amide bonds. The molecule has 15 heavy (non-hydrogen) atoms. The Morgan fingerprint density at radius 1 is 1.33 bits per heavy atom. The van der Waals surface area contributed by atoms with Crippen LogP contribution in [-0.4, -0.2) is 40.3 Å². The Kier molecular flexibility index (Phi) is 3.15. The minimum Gasteiger partial charge on any atom is -0.370 e. The quantitative estimate of drug-likeness (QED) is 0.713. The van der Waals surface area contributed by atoms with Crippen LogP contribution in [0.3, 0.4) is 0 Å². The molecule has 2 N–H and O–H groups in total. The molecule has 0 aromatic carbocycles. The largest absolute Gasteiger partial charge is 0.370 e. The molecule has 1 aliphatic rings. The Labute approximate surface area is 89.9 Å². The Bertz CT molecular complexity index is 232. The Balaban J connectivity index is 2.60. The molecule has 1 saturated heterocycles. The van der Waals surface area contributed by atoms with E-state index in [2.05, 4.69) is 0 Å². The molecule has 2 unspecified atom stereocenters. The van der Waals surface area contributed by atoms with Crippen molar-refractivity contribution in [3.05, 3.63) is 0 Å². The fourth-order valence-corrected chi connectivity index (χ4v) is 1.28. The van der Waals surface area contributed by atoms with Crippen LogP contribution in [0.25, 0.3) is 0 Å². The number of hydrogen-bond donors (Lipinski definition) is 2. The molecule has 0 aromatic heterocycles. The third kappa shape index (κ3) is 3.39. The smallest absolute Gasteiger partial charge is 0.244 e. The number of aliphatic hydroxyl groups is 2. The van der Waals surface area contributed by atoms with E-state index in [4.69, 9.17) is 14.2 Å². The Morgan fingerprint density at radius 2 is 1.87 bits per heavy atom. The molecule has 1 heterocycles. The first kappa shape index (κ1) is 12.9. The summed E-state index contributed by atoms with van der Waals surface area (Å²) in [6.07, 6.45) is -1.39. The van der Waals surface area contributed by atoms with Gasteiger partial charge < -0.3 is 24.4 Å². The molecule has 2 atom stereocenters. The minimum atomic E-state index is -1.79. The van der Waals surface area contributed by atoms with Gasteiger partial charge in [0.1, 0.15) is 6.61 Å². The molecule has 0 bridgehead atoms. The van der Waals surface area contributed by atoms with Crippen LogP contribution in [0.4, 0.5) is 0 Å². The second-order valence-corrected chi connectivity index (χ2v) is 5.22. The van der Waals surface area contributed by atoms with Gasteiger partial charge >= 0.3 is 0 Å². The summed E-state index contributed by atoms with van der Waals surface area (Å²) >= 11 is 0. The van der Waals surface area contributed by atoms with Crippen molar-refractivity contribution >= 4 is 0 Å². The maximum absolute atomic E-state index is 9.94. The average Bonchev–Trinajstić information content (AvgIpc) is 2.17. The van der Waals surface area contributed by atoms with Gasteiger partial charge in [0.05, 0.1) is 5.60 Å². The number of aliphatic hydroxyl groups excluding tert-OH is 1. The van der Waals surface area contributed by atoms with Gasteiger partial charge in [0.2, 0.25) is 12.1 Å². The molecule has 5 heteroatoms. The van der Waals surface area contributed by atoms with Crippen LogP contribution < -0.4 is 0 Å². The first-order chi connectivity index (χ1) is 6.54. The molecule has 1 aliphatic heterocycles. The van der Waals surface area contributed by atoms with E-state index in [0.717, 1.165) is 0 Å². The van der Waals surface area contributed by atoms with Gasteiger partial charge in [-0.15, -0.1) is 0 Å². The molecule has 0 spiro atoms. The van der Waals surface area contributed by atoms with Gasteiger partial charge in [0.15, 0.2) is 5.79 Å².